The zero-order chi connectivity index (χ0) is 68.8. The van der Waals surface area contributed by atoms with Crippen LogP contribution in [0.25, 0.3) is 10.2 Å². The highest BCUT2D eigenvalue weighted by Crippen LogP contribution is 2.48. The van der Waals surface area contributed by atoms with Gasteiger partial charge in [-0.3, -0.25) is 9.59 Å². The van der Waals surface area contributed by atoms with Crippen molar-refractivity contribution in [1.82, 2.24) is 4.98 Å². The average Bonchev–Trinajstić information content (AvgIpc) is 1.28. The van der Waals surface area contributed by atoms with Gasteiger partial charge in [0.25, 0.3) is 0 Å². The standard InChI is InChI=1S/C71H115NO14SSi4/c1-28-31-52-58(47(4)33-30-32-46(3)34-40-54(50-37-41-55-53(43-50)72-48(5)87-55)80-57(73)44-56(71(18,19)63(52)74)83-88(20,21)67(6,7)8)82-66(76)78-45-49-35-38-51(39-36-49)79-65-62(86-91(26,27)70(15,16)17)60(85-90(24,25)69(12,13)14)59(84-89(22,23)68(9,10)11)61(81-65)64(75)77-42-29-2/h28-29,34-39,41,43,47,52,54,56,58-62,65H,1-2,30-33,40,42,44-45H2,3-27H3/b46-34-/t47-,52+,54-,56-,58-,59+,60-,61-,62+,65+/m0/s1. The number of aromatic nitrogens is 1. The second kappa shape index (κ2) is 30.3. The Morgan fingerprint density at radius 2 is 1.27 bits per heavy atom. The molecular formula is C71H115NO14SSi4. The van der Waals surface area contributed by atoms with Gasteiger partial charge in [-0.25, -0.2) is 14.6 Å². The molecule has 1 fully saturated rings. The van der Waals surface area contributed by atoms with Crippen molar-refractivity contribution in [2.75, 3.05) is 6.61 Å². The molecule has 2 aliphatic heterocycles. The van der Waals surface area contributed by atoms with E-state index < -0.39 is 112 Å². The first-order chi connectivity index (χ1) is 41.7. The molecule has 0 spiro atoms. The van der Waals surface area contributed by atoms with E-state index in [0.717, 1.165) is 39.2 Å². The molecule has 0 N–H and O–H groups in total. The lowest BCUT2D eigenvalue weighted by Gasteiger charge is -2.53. The van der Waals surface area contributed by atoms with Gasteiger partial charge in [0, 0.05) is 11.8 Å². The summed E-state index contributed by atoms with van der Waals surface area (Å²) in [7, 11) is -10.6. The number of carbonyl (C=O) groups is 4. The van der Waals surface area contributed by atoms with Crippen LogP contribution in [0.5, 0.6) is 5.75 Å². The Morgan fingerprint density at radius 1 is 0.725 bits per heavy atom. The molecule has 510 valence electrons. The first-order valence-electron chi connectivity index (χ1n) is 32.8. The predicted octanol–water partition coefficient (Wildman–Crippen LogP) is 18.6. The minimum atomic E-state index is -2.65. The Bertz CT molecular complexity index is 3020. The number of Topliss-reactive ketones (excluding diaryl/α,β-unsaturated/α-hetero) is 1. The van der Waals surface area contributed by atoms with E-state index >= 15 is 4.79 Å². The van der Waals surface area contributed by atoms with E-state index in [9.17, 15) is 14.4 Å². The summed E-state index contributed by atoms with van der Waals surface area (Å²) >= 11 is 1.62. The lowest BCUT2D eigenvalue weighted by atomic mass is 9.71. The number of aryl methyl sites for hydroxylation is 1. The number of benzene rings is 2. The van der Waals surface area contributed by atoms with Crippen molar-refractivity contribution in [2.24, 2.45) is 17.3 Å². The lowest BCUT2D eigenvalue weighted by molar-refractivity contribution is -0.263. The van der Waals surface area contributed by atoms with Crippen LogP contribution in [0.15, 0.2) is 79.4 Å². The molecule has 2 aliphatic rings. The number of fused-ring (bicyclic) bond motifs is 1. The minimum absolute atomic E-state index is 0.0319. The maximum atomic E-state index is 15.6. The summed E-state index contributed by atoms with van der Waals surface area (Å²) in [6.45, 7) is 60.5. The largest absolute Gasteiger partial charge is 0.508 e. The maximum Gasteiger partial charge on any atom is 0.508 e. The maximum absolute atomic E-state index is 15.6. The third-order valence-electron chi connectivity index (χ3n) is 20.4. The van der Waals surface area contributed by atoms with Crippen molar-refractivity contribution in [1.29, 1.82) is 0 Å². The van der Waals surface area contributed by atoms with Gasteiger partial charge in [-0.1, -0.05) is 152 Å². The minimum Gasteiger partial charge on any atom is -0.462 e. The second-order valence-electron chi connectivity index (χ2n) is 32.1. The molecule has 15 nitrogen and oxygen atoms in total. The normalized spacial score (nSPS) is 25.6. The molecule has 10 atom stereocenters. The zero-order valence-corrected chi connectivity index (χ0v) is 65.0. The van der Waals surface area contributed by atoms with Gasteiger partial charge in [0.1, 0.15) is 55.3 Å². The first kappa shape index (κ1) is 77.6. The number of esters is 2. The van der Waals surface area contributed by atoms with Crippen LogP contribution in [-0.4, -0.2) is 112 Å². The molecule has 0 bridgehead atoms. The third kappa shape index (κ3) is 20.0. The van der Waals surface area contributed by atoms with E-state index in [1.165, 1.54) is 6.08 Å². The molecular weight excluding hydrogens is 1240 g/mol. The van der Waals surface area contributed by atoms with Crippen LogP contribution in [0.3, 0.4) is 0 Å². The fourth-order valence-corrected chi connectivity index (χ4v) is 16.4. The SMILES string of the molecule is C=CCOC(=O)[C@H]1O[C@@H](Oc2ccc(COC(=O)O[C@H]3[C@@H](C)CCC/C(C)=C\C[C@@H](c4ccc5sc(C)nc5c4)OC(=O)C[C@H](O[Si](C)(C)C(C)(C)C)C(C)(C)C(=O)[C@@H]3CC=C)cc2)[C@H](O[Si](C)(C)C(C)(C)C)[C@@H](O[Si](C)(C)C(C)(C)C)[C@H]1O[Si](C)(C)C(C)(C)C. The number of cyclic esters (lactones) is 1. The van der Waals surface area contributed by atoms with Crippen LogP contribution in [0.4, 0.5) is 4.79 Å². The van der Waals surface area contributed by atoms with Gasteiger partial charge in [-0.05, 0) is 153 Å². The highest BCUT2D eigenvalue weighted by Gasteiger charge is 2.59. The van der Waals surface area contributed by atoms with Crippen molar-refractivity contribution in [3.63, 3.8) is 0 Å². The molecule has 0 amide bonds. The van der Waals surface area contributed by atoms with Gasteiger partial charge in [0.15, 0.2) is 39.4 Å². The number of hydrogen-bond donors (Lipinski definition) is 0. The second-order valence-corrected chi connectivity index (χ2v) is 52.4. The fraction of sp³-hybridized carbons (Fsp3) is 0.676. The van der Waals surface area contributed by atoms with Crippen molar-refractivity contribution >= 4 is 78.7 Å². The van der Waals surface area contributed by atoms with E-state index in [0.29, 0.717) is 24.2 Å². The number of nitrogens with zero attached hydrogens (tertiary/aromatic N) is 1. The van der Waals surface area contributed by atoms with E-state index in [-0.39, 0.29) is 57.9 Å². The first-order valence-corrected chi connectivity index (χ1v) is 45.2. The van der Waals surface area contributed by atoms with Crippen molar-refractivity contribution in [3.8, 4) is 5.75 Å². The smallest absolute Gasteiger partial charge is 0.462 e. The van der Waals surface area contributed by atoms with E-state index in [1.807, 2.05) is 45.9 Å². The van der Waals surface area contributed by atoms with Gasteiger partial charge in [0.2, 0.25) is 6.29 Å². The van der Waals surface area contributed by atoms with Crippen LogP contribution in [0.1, 0.15) is 172 Å². The molecule has 0 unspecified atom stereocenters. The molecule has 3 heterocycles. The fourth-order valence-electron chi connectivity index (χ4n) is 10.3. The van der Waals surface area contributed by atoms with E-state index in [1.54, 1.807) is 41.7 Å². The Morgan fingerprint density at radius 3 is 1.82 bits per heavy atom. The summed E-state index contributed by atoms with van der Waals surface area (Å²) in [6.07, 6.45) is -0.427. The Balaban J connectivity index is 1.48. The molecule has 0 saturated carbocycles. The Hall–Kier alpha value is -4.10. The molecule has 1 aromatic heterocycles. The number of hydrogen-bond acceptors (Lipinski definition) is 16. The van der Waals surface area contributed by atoms with Gasteiger partial charge in [-0.2, -0.15) is 0 Å². The molecule has 0 aliphatic carbocycles. The van der Waals surface area contributed by atoms with Crippen LogP contribution < -0.4 is 4.74 Å². The van der Waals surface area contributed by atoms with E-state index in [4.69, 9.17) is 51.1 Å². The Labute approximate surface area is 555 Å². The molecule has 2 aromatic carbocycles. The molecule has 20 heteroatoms. The van der Waals surface area contributed by atoms with Crippen molar-refractivity contribution in [3.05, 3.63) is 95.6 Å². The number of thiazole rings is 1. The summed E-state index contributed by atoms with van der Waals surface area (Å²) in [5.41, 5.74) is 2.18. The highest BCUT2D eigenvalue weighted by atomic mass is 32.1. The monoisotopic (exact) mass is 1350 g/mol. The van der Waals surface area contributed by atoms with Gasteiger partial charge >= 0.3 is 18.1 Å². The summed E-state index contributed by atoms with van der Waals surface area (Å²) in [6, 6.07) is 13.1. The molecule has 0 radical (unpaired) electrons. The van der Waals surface area contributed by atoms with Crippen molar-refractivity contribution < 1.29 is 65.3 Å². The van der Waals surface area contributed by atoms with Crippen LogP contribution in [0, 0.1) is 24.2 Å². The van der Waals surface area contributed by atoms with Gasteiger partial charge < -0.3 is 46.1 Å². The summed E-state index contributed by atoms with van der Waals surface area (Å²) in [5, 5.41) is -0.0150. The summed E-state index contributed by atoms with van der Waals surface area (Å²) in [4.78, 5) is 63.6. The van der Waals surface area contributed by atoms with Crippen molar-refractivity contribution in [2.45, 2.75) is 284 Å². The topological polar surface area (TPSA) is 173 Å². The van der Waals surface area contributed by atoms with Crippen LogP contribution in [-0.2, 0) is 62.4 Å². The number of ether oxygens (including phenoxy) is 6. The van der Waals surface area contributed by atoms with Gasteiger partial charge in [-0.15, -0.1) is 17.9 Å². The zero-order valence-electron chi connectivity index (χ0n) is 60.2. The predicted molar refractivity (Wildman–Crippen MR) is 377 cm³/mol. The van der Waals surface area contributed by atoms with E-state index in [2.05, 4.69) is 162 Å². The number of carbonyl (C=O) groups excluding carboxylic acids is 4. The Kier molecular flexibility index (Phi) is 25.9. The summed E-state index contributed by atoms with van der Waals surface area (Å²) < 4.78 is 68.6. The highest BCUT2D eigenvalue weighted by molar-refractivity contribution is 7.18. The average molecular weight is 1350 g/mol. The molecule has 1 saturated heterocycles. The number of ketones is 1. The summed E-state index contributed by atoms with van der Waals surface area (Å²) in [5.74, 6) is -2.08. The lowest BCUT2D eigenvalue weighted by Crippen LogP contribution is -2.69. The van der Waals surface area contributed by atoms with Crippen LogP contribution in [0.2, 0.25) is 72.5 Å². The number of allylic oxidation sites excluding steroid dienone is 2. The molecule has 91 heavy (non-hydrogen) atoms. The molecule has 3 aromatic rings. The van der Waals surface area contributed by atoms with Crippen LogP contribution >= 0.6 is 11.3 Å². The number of rotatable bonds is 19. The quantitative estimate of drug-likeness (QED) is 0.0480. The third-order valence-corrected chi connectivity index (χ3v) is 39.2. The van der Waals surface area contributed by atoms with Gasteiger partial charge in [0.05, 0.1) is 33.7 Å². The molecule has 5 rings (SSSR count).